The van der Waals surface area contributed by atoms with E-state index < -0.39 is 0 Å². The molecule has 1 aromatic heterocycles. The Morgan fingerprint density at radius 1 is 1.33 bits per heavy atom. The van der Waals surface area contributed by atoms with Crippen molar-refractivity contribution in [2.24, 2.45) is 11.8 Å². The largest absolute Gasteiger partial charge is 0.341 e. The number of pyridine rings is 1. The summed E-state index contributed by atoms with van der Waals surface area (Å²) in [4.78, 5) is 21.4. The average Bonchev–Trinajstić information content (AvgIpc) is 2.55. The summed E-state index contributed by atoms with van der Waals surface area (Å²) in [6.07, 6.45) is 4.95. The second-order valence-corrected chi connectivity index (χ2v) is 7.22. The van der Waals surface area contributed by atoms with Crippen LogP contribution in [0.15, 0.2) is 24.5 Å². The molecule has 1 N–H and O–H groups in total. The summed E-state index contributed by atoms with van der Waals surface area (Å²) in [5.41, 5.74) is 1.19. The third-order valence-corrected chi connectivity index (χ3v) is 4.98. The number of amides is 1. The molecule has 6 heteroatoms. The SMILES string of the molecule is CC1CC(C)CN(C(=O)CN2CCNCC2c2cccnc2)C1.Cl. The van der Waals surface area contributed by atoms with E-state index in [2.05, 4.69) is 40.0 Å². The molecule has 0 saturated carbocycles. The summed E-state index contributed by atoms with van der Waals surface area (Å²) < 4.78 is 0. The number of nitrogens with one attached hydrogen (secondary N) is 1. The Hall–Kier alpha value is -1.17. The standard InChI is InChI=1S/C18H28N4O.ClH/c1-14-8-15(2)12-22(11-14)18(23)13-21-7-6-20-10-17(21)16-4-3-5-19-9-16;/h3-5,9,14-15,17,20H,6-8,10-13H2,1-2H3;1H. The van der Waals surface area contributed by atoms with Crippen molar-refractivity contribution in [3.05, 3.63) is 30.1 Å². The normalized spacial score (nSPS) is 28.2. The van der Waals surface area contributed by atoms with Crippen molar-refractivity contribution in [2.45, 2.75) is 26.3 Å². The monoisotopic (exact) mass is 352 g/mol. The van der Waals surface area contributed by atoms with Crippen LogP contribution in [0.3, 0.4) is 0 Å². The third-order valence-electron chi connectivity index (χ3n) is 4.98. The predicted molar refractivity (Wildman–Crippen MR) is 98.2 cm³/mol. The van der Waals surface area contributed by atoms with Crippen LogP contribution in [0.5, 0.6) is 0 Å². The van der Waals surface area contributed by atoms with Gasteiger partial charge >= 0.3 is 0 Å². The van der Waals surface area contributed by atoms with Gasteiger partial charge in [-0.2, -0.15) is 0 Å². The Bertz CT molecular complexity index is 517. The van der Waals surface area contributed by atoms with Crippen molar-refractivity contribution >= 4 is 18.3 Å². The van der Waals surface area contributed by atoms with Crippen LogP contribution in [0.4, 0.5) is 0 Å². The fourth-order valence-corrected chi connectivity index (χ4v) is 3.98. The van der Waals surface area contributed by atoms with Gasteiger partial charge in [-0.1, -0.05) is 19.9 Å². The minimum Gasteiger partial charge on any atom is -0.341 e. The Morgan fingerprint density at radius 2 is 2.08 bits per heavy atom. The number of rotatable bonds is 3. The molecule has 24 heavy (non-hydrogen) atoms. The highest BCUT2D eigenvalue weighted by Crippen LogP contribution is 2.24. The molecule has 0 aromatic carbocycles. The molecule has 3 heterocycles. The minimum atomic E-state index is 0. The van der Waals surface area contributed by atoms with Crippen LogP contribution in [0.2, 0.25) is 0 Å². The van der Waals surface area contributed by atoms with Crippen LogP contribution in [0, 0.1) is 11.8 Å². The van der Waals surface area contributed by atoms with Crippen molar-refractivity contribution in [3.8, 4) is 0 Å². The van der Waals surface area contributed by atoms with E-state index in [1.165, 1.54) is 12.0 Å². The van der Waals surface area contributed by atoms with E-state index >= 15 is 0 Å². The maximum atomic E-state index is 12.8. The molecule has 0 bridgehead atoms. The first-order valence-corrected chi connectivity index (χ1v) is 8.76. The second-order valence-electron chi connectivity index (χ2n) is 7.22. The van der Waals surface area contributed by atoms with E-state index in [9.17, 15) is 4.79 Å². The van der Waals surface area contributed by atoms with Crippen LogP contribution in [0.1, 0.15) is 31.9 Å². The van der Waals surface area contributed by atoms with Crippen LogP contribution in [-0.4, -0.2) is 60.0 Å². The summed E-state index contributed by atoms with van der Waals surface area (Å²) in [6.45, 7) is 9.56. The highest BCUT2D eigenvalue weighted by molar-refractivity contribution is 5.85. The van der Waals surface area contributed by atoms with Crippen molar-refractivity contribution in [1.29, 1.82) is 0 Å². The van der Waals surface area contributed by atoms with Crippen molar-refractivity contribution < 1.29 is 4.79 Å². The first-order valence-electron chi connectivity index (χ1n) is 8.76. The van der Waals surface area contributed by atoms with Crippen molar-refractivity contribution in [2.75, 3.05) is 39.3 Å². The van der Waals surface area contributed by atoms with Gasteiger partial charge in [-0.05, 0) is 29.9 Å². The first kappa shape index (κ1) is 19.2. The Labute approximate surface area is 151 Å². The smallest absolute Gasteiger partial charge is 0.236 e. The maximum absolute atomic E-state index is 12.8. The van der Waals surface area contributed by atoms with Crippen LogP contribution in [0.25, 0.3) is 0 Å². The van der Waals surface area contributed by atoms with Crippen LogP contribution >= 0.6 is 12.4 Å². The number of likely N-dealkylation sites (tertiary alicyclic amines) is 1. The number of nitrogens with zero attached hydrogens (tertiary/aromatic N) is 3. The predicted octanol–water partition coefficient (Wildman–Crippen LogP) is 1.95. The lowest BCUT2D eigenvalue weighted by Crippen LogP contribution is -2.52. The molecule has 2 aliphatic heterocycles. The lowest BCUT2D eigenvalue weighted by Gasteiger charge is -2.39. The van der Waals surface area contributed by atoms with Gasteiger partial charge in [0.05, 0.1) is 6.54 Å². The number of aromatic nitrogens is 1. The molecular weight excluding hydrogens is 324 g/mol. The quantitative estimate of drug-likeness (QED) is 0.903. The number of carbonyl (C=O) groups is 1. The van der Waals surface area contributed by atoms with Gasteiger partial charge in [0.15, 0.2) is 0 Å². The zero-order chi connectivity index (χ0) is 16.2. The molecule has 3 atom stereocenters. The van der Waals surface area contributed by atoms with Crippen molar-refractivity contribution in [3.63, 3.8) is 0 Å². The molecule has 0 radical (unpaired) electrons. The number of carbonyl (C=O) groups excluding carboxylic acids is 1. The van der Waals surface area contributed by atoms with Gasteiger partial charge < -0.3 is 10.2 Å². The second kappa shape index (κ2) is 8.79. The van der Waals surface area contributed by atoms with Crippen LogP contribution in [-0.2, 0) is 4.79 Å². The Morgan fingerprint density at radius 3 is 2.75 bits per heavy atom. The first-order chi connectivity index (χ1) is 11.1. The van der Waals surface area contributed by atoms with Gasteiger partial charge in [0.1, 0.15) is 0 Å². The molecule has 0 aliphatic carbocycles. The van der Waals surface area contributed by atoms with Gasteiger partial charge in [0, 0.05) is 51.2 Å². The lowest BCUT2D eigenvalue weighted by atomic mass is 9.92. The van der Waals surface area contributed by atoms with E-state index in [-0.39, 0.29) is 24.4 Å². The number of piperazine rings is 1. The van der Waals surface area contributed by atoms with Gasteiger partial charge in [-0.3, -0.25) is 14.7 Å². The maximum Gasteiger partial charge on any atom is 0.236 e. The molecule has 2 saturated heterocycles. The van der Waals surface area contributed by atoms with Crippen molar-refractivity contribution in [1.82, 2.24) is 20.1 Å². The van der Waals surface area contributed by atoms with Gasteiger partial charge in [0.2, 0.25) is 5.91 Å². The summed E-state index contributed by atoms with van der Waals surface area (Å²) in [6, 6.07) is 4.31. The summed E-state index contributed by atoms with van der Waals surface area (Å²) in [7, 11) is 0. The van der Waals surface area contributed by atoms with Gasteiger partial charge in [0.25, 0.3) is 0 Å². The Balaban J connectivity index is 0.00000208. The van der Waals surface area contributed by atoms with E-state index in [0.29, 0.717) is 18.4 Å². The molecule has 3 rings (SSSR count). The third kappa shape index (κ3) is 4.68. The molecule has 3 unspecified atom stereocenters. The fourth-order valence-electron chi connectivity index (χ4n) is 3.98. The number of piperidine rings is 1. The summed E-state index contributed by atoms with van der Waals surface area (Å²) >= 11 is 0. The Kier molecular flexibility index (Phi) is 7.02. The number of hydrogen-bond donors (Lipinski definition) is 1. The molecule has 0 spiro atoms. The summed E-state index contributed by atoms with van der Waals surface area (Å²) in [5, 5.41) is 3.44. The van der Waals surface area contributed by atoms with Gasteiger partial charge in [-0.15, -0.1) is 12.4 Å². The molecule has 5 nitrogen and oxygen atoms in total. The van der Waals surface area contributed by atoms with Gasteiger partial charge in [-0.25, -0.2) is 0 Å². The molecule has 1 aromatic rings. The van der Waals surface area contributed by atoms with E-state index in [1.54, 1.807) is 6.20 Å². The topological polar surface area (TPSA) is 48.5 Å². The molecule has 2 fully saturated rings. The van der Waals surface area contributed by atoms with E-state index in [0.717, 1.165) is 32.7 Å². The average molecular weight is 353 g/mol. The minimum absolute atomic E-state index is 0. The van der Waals surface area contributed by atoms with E-state index in [4.69, 9.17) is 0 Å². The lowest BCUT2D eigenvalue weighted by molar-refractivity contribution is -0.136. The fraction of sp³-hybridized carbons (Fsp3) is 0.667. The zero-order valence-electron chi connectivity index (χ0n) is 14.6. The zero-order valence-corrected chi connectivity index (χ0v) is 15.5. The number of halogens is 1. The molecule has 1 amide bonds. The molecule has 134 valence electrons. The molecule has 2 aliphatic rings. The molecular formula is C18H29ClN4O. The number of hydrogen-bond acceptors (Lipinski definition) is 4. The van der Waals surface area contributed by atoms with E-state index in [1.807, 2.05) is 12.3 Å². The summed E-state index contributed by atoms with van der Waals surface area (Å²) in [5.74, 6) is 1.50. The highest BCUT2D eigenvalue weighted by Gasteiger charge is 2.30. The van der Waals surface area contributed by atoms with Crippen LogP contribution < -0.4 is 5.32 Å². The highest BCUT2D eigenvalue weighted by atomic mass is 35.5.